The third-order valence-electron chi connectivity index (χ3n) is 8.79. The van der Waals surface area contributed by atoms with Gasteiger partial charge in [-0.15, -0.1) is 58.2 Å². The molecule has 0 fully saturated rings. The number of rotatable bonds is 16. The summed E-state index contributed by atoms with van der Waals surface area (Å²) in [5, 5.41) is 0. The molecule has 0 aliphatic heterocycles. The van der Waals surface area contributed by atoms with E-state index in [0.29, 0.717) is 32.8 Å². The van der Waals surface area contributed by atoms with Crippen LogP contribution in [0.4, 0.5) is 0 Å². The van der Waals surface area contributed by atoms with Crippen LogP contribution >= 0.6 is 57.1 Å². The fraction of sp³-hybridized carbons (Fsp3) is 0.261. The summed E-state index contributed by atoms with van der Waals surface area (Å²) < 4.78 is 31.8. The fourth-order valence-electron chi connectivity index (χ4n) is 6.04. The van der Waals surface area contributed by atoms with E-state index in [2.05, 4.69) is 110 Å². The maximum absolute atomic E-state index is 5.63. The Bertz CT molecular complexity index is 2720. The van der Waals surface area contributed by atoms with E-state index in [1.54, 1.807) is 36.9 Å². The van der Waals surface area contributed by atoms with Crippen LogP contribution in [-0.4, -0.2) is 49.4 Å². The number of methoxy groups -OCH3 is 2. The molecule has 0 saturated heterocycles. The number of terminal acetylenes is 2. The molecule has 0 radical (unpaired) electrons. The average Bonchev–Trinajstić information content (AvgIpc) is 4.06. The van der Waals surface area contributed by atoms with Crippen LogP contribution in [0.5, 0.6) is 0 Å². The standard InChI is InChI=1S/C46H36N2O4S5/c1-7-9-11-13-21-51-25-19-34-28-42(54-32(34)4)46-36(20-26-52-22-14-12-10-8-2)30-40(56-46)38-16-15-37(43-44(38)48-57-47-43)39-29-35(18-24-50-6)45(55-39)41-27-33(17-23-49-5)31(3)53-41/h1-2,15-16,27-30H,17-20,23-26H2,3-6H3. The molecule has 5 heterocycles. The minimum atomic E-state index is 0.399. The van der Waals surface area contributed by atoms with Gasteiger partial charge in [-0.2, -0.15) is 8.75 Å². The molecule has 6 aromatic rings. The van der Waals surface area contributed by atoms with Crippen LogP contribution in [0.15, 0.2) is 36.4 Å². The zero-order valence-corrected chi connectivity index (χ0v) is 35.9. The van der Waals surface area contributed by atoms with Crippen LogP contribution in [0.3, 0.4) is 0 Å². The first kappa shape index (κ1) is 41.4. The van der Waals surface area contributed by atoms with E-state index >= 15 is 0 Å². The van der Waals surface area contributed by atoms with Crippen LogP contribution in [-0.2, 0) is 44.6 Å². The molecule has 0 atom stereocenters. The Morgan fingerprint density at radius 3 is 1.40 bits per heavy atom. The van der Waals surface area contributed by atoms with Gasteiger partial charge in [-0.3, -0.25) is 0 Å². The van der Waals surface area contributed by atoms with Gasteiger partial charge in [0.05, 0.1) is 24.9 Å². The Kier molecular flexibility index (Phi) is 15.1. The molecule has 57 heavy (non-hydrogen) atoms. The van der Waals surface area contributed by atoms with Crippen molar-refractivity contribution in [3.63, 3.8) is 0 Å². The second kappa shape index (κ2) is 20.8. The van der Waals surface area contributed by atoms with Crippen molar-refractivity contribution in [1.82, 2.24) is 8.75 Å². The lowest BCUT2D eigenvalue weighted by Gasteiger charge is -2.03. The molecule has 284 valence electrons. The highest BCUT2D eigenvalue weighted by Gasteiger charge is 2.22. The van der Waals surface area contributed by atoms with Crippen molar-refractivity contribution in [2.75, 3.05) is 40.6 Å². The Balaban J connectivity index is 1.34. The number of hydrogen-bond donors (Lipinski definition) is 0. The predicted octanol–water partition coefficient (Wildman–Crippen LogP) is 9.91. The molecule has 0 spiro atoms. The summed E-state index contributed by atoms with van der Waals surface area (Å²) in [6.07, 6.45) is 18.7. The number of nitrogens with zero attached hydrogens (tertiary/aromatic N) is 2. The second-order valence-corrected chi connectivity index (χ2v) is 17.5. The maximum Gasteiger partial charge on any atom is 0.124 e. The molecule has 0 unspecified atom stereocenters. The number of benzene rings is 1. The van der Waals surface area contributed by atoms with Gasteiger partial charge in [0, 0.05) is 101 Å². The molecule has 6 nitrogen and oxygen atoms in total. The molecule has 0 aliphatic rings. The van der Waals surface area contributed by atoms with Crippen molar-refractivity contribution >= 4 is 68.1 Å². The van der Waals surface area contributed by atoms with Crippen LogP contribution in [0, 0.1) is 86.3 Å². The summed E-state index contributed by atoms with van der Waals surface area (Å²) in [6.45, 7) is 6.53. The van der Waals surface area contributed by atoms with Gasteiger partial charge in [0.25, 0.3) is 0 Å². The third kappa shape index (κ3) is 10.4. The highest BCUT2D eigenvalue weighted by Crippen LogP contribution is 2.47. The predicted molar refractivity (Wildman–Crippen MR) is 239 cm³/mol. The van der Waals surface area contributed by atoms with Crippen LogP contribution < -0.4 is 0 Å². The van der Waals surface area contributed by atoms with Crippen molar-refractivity contribution in [3.05, 3.63) is 68.4 Å². The lowest BCUT2D eigenvalue weighted by Crippen LogP contribution is -1.94. The third-order valence-corrected chi connectivity index (χ3v) is 14.3. The minimum Gasteiger partial charge on any atom is -0.446 e. The second-order valence-electron chi connectivity index (χ2n) is 12.4. The van der Waals surface area contributed by atoms with Gasteiger partial charge < -0.3 is 18.9 Å². The molecule has 0 bridgehead atoms. The number of aryl methyl sites for hydroxylation is 2. The van der Waals surface area contributed by atoms with E-state index in [1.165, 1.54) is 62.6 Å². The molecular formula is C46H36N2O4S5. The Morgan fingerprint density at radius 1 is 0.526 bits per heavy atom. The van der Waals surface area contributed by atoms with Gasteiger partial charge in [0.1, 0.15) is 36.5 Å². The zero-order valence-electron chi connectivity index (χ0n) is 31.8. The first-order chi connectivity index (χ1) is 27.9. The molecule has 1 aromatic carbocycles. The van der Waals surface area contributed by atoms with Gasteiger partial charge in [0.15, 0.2) is 0 Å². The minimum absolute atomic E-state index is 0.399. The van der Waals surface area contributed by atoms with E-state index < -0.39 is 0 Å². The van der Waals surface area contributed by atoms with E-state index in [1.807, 2.05) is 22.7 Å². The van der Waals surface area contributed by atoms with Crippen molar-refractivity contribution in [3.8, 4) is 113 Å². The lowest BCUT2D eigenvalue weighted by molar-refractivity contribution is 0.202. The van der Waals surface area contributed by atoms with Crippen molar-refractivity contribution in [1.29, 1.82) is 0 Å². The summed E-state index contributed by atoms with van der Waals surface area (Å²) >= 11 is 8.41. The summed E-state index contributed by atoms with van der Waals surface area (Å²) in [5.74, 6) is 19.8. The van der Waals surface area contributed by atoms with E-state index in [4.69, 9.17) is 40.5 Å². The normalized spacial score (nSPS) is 10.2. The monoisotopic (exact) mass is 840 g/mol. The van der Waals surface area contributed by atoms with Crippen LogP contribution in [0.25, 0.3) is 51.4 Å². The molecule has 6 rings (SSSR count). The fourth-order valence-corrected chi connectivity index (χ4v) is 11.5. The van der Waals surface area contributed by atoms with Gasteiger partial charge in [-0.1, -0.05) is 12.1 Å². The van der Waals surface area contributed by atoms with Crippen molar-refractivity contribution < 1.29 is 18.9 Å². The summed E-state index contributed by atoms with van der Waals surface area (Å²) in [5.41, 5.74) is 8.90. The number of ether oxygens (including phenoxy) is 4. The number of fused-ring (bicyclic) bond motifs is 1. The van der Waals surface area contributed by atoms with Gasteiger partial charge in [-0.25, -0.2) is 0 Å². The van der Waals surface area contributed by atoms with Crippen LogP contribution in [0.1, 0.15) is 32.0 Å². The van der Waals surface area contributed by atoms with E-state index in [9.17, 15) is 0 Å². The van der Waals surface area contributed by atoms with Crippen molar-refractivity contribution in [2.24, 2.45) is 0 Å². The smallest absolute Gasteiger partial charge is 0.124 e. The Hall–Kier alpha value is -5.28. The quantitative estimate of drug-likeness (QED) is 0.0715. The van der Waals surface area contributed by atoms with Gasteiger partial charge in [-0.05, 0) is 96.9 Å². The van der Waals surface area contributed by atoms with Gasteiger partial charge in [0.2, 0.25) is 0 Å². The summed E-state index contributed by atoms with van der Waals surface area (Å²) in [4.78, 5) is 9.74. The number of hydrogen-bond acceptors (Lipinski definition) is 11. The summed E-state index contributed by atoms with van der Waals surface area (Å²) in [6, 6.07) is 13.5. The lowest BCUT2D eigenvalue weighted by atomic mass is 10.0. The summed E-state index contributed by atoms with van der Waals surface area (Å²) in [7, 11) is 3.50. The average molecular weight is 841 g/mol. The first-order valence-corrected chi connectivity index (χ1v) is 21.8. The molecule has 11 heteroatoms. The van der Waals surface area contributed by atoms with Crippen molar-refractivity contribution in [2.45, 2.75) is 39.5 Å². The largest absolute Gasteiger partial charge is 0.446 e. The number of aromatic nitrogens is 2. The molecule has 0 saturated carbocycles. The SMILES string of the molecule is C#CC#CC#COCCc1cc(-c2sc(-c3ccc(-c4cc(CCOC)c(-c5cc(CCOC)c(C)s5)s4)c4nsnc34)cc2CCOC#CC#CC#C)sc1C. The zero-order chi connectivity index (χ0) is 40.0. The van der Waals surface area contributed by atoms with Gasteiger partial charge >= 0.3 is 0 Å². The molecule has 5 aromatic heterocycles. The van der Waals surface area contributed by atoms with Crippen LogP contribution in [0.2, 0.25) is 0 Å². The topological polar surface area (TPSA) is 62.7 Å². The Morgan fingerprint density at radius 2 is 0.947 bits per heavy atom. The molecule has 0 aliphatic carbocycles. The maximum atomic E-state index is 5.63. The highest BCUT2D eigenvalue weighted by atomic mass is 32.1. The first-order valence-electron chi connectivity index (χ1n) is 17.8. The Labute approximate surface area is 354 Å². The number of thiophene rings is 4. The highest BCUT2D eigenvalue weighted by molar-refractivity contribution is 7.25. The molecule has 0 amide bonds. The van der Waals surface area contributed by atoms with E-state index in [-0.39, 0.29) is 0 Å². The van der Waals surface area contributed by atoms with E-state index in [0.717, 1.165) is 51.9 Å². The molecule has 0 N–H and O–H groups in total. The molecular weight excluding hydrogens is 805 g/mol.